The van der Waals surface area contributed by atoms with Crippen molar-refractivity contribution in [1.82, 2.24) is 25.2 Å². The average molecular weight is 409 g/mol. The number of esters is 1. The Morgan fingerprint density at radius 3 is 2.86 bits per heavy atom. The molecule has 4 rings (SSSR count). The number of aromatic nitrogens is 5. The molecule has 2 heterocycles. The number of rotatable bonds is 8. The summed E-state index contributed by atoms with van der Waals surface area (Å²) in [5.41, 5.74) is 2.91. The molecule has 9 heteroatoms. The van der Waals surface area contributed by atoms with Crippen molar-refractivity contribution in [2.24, 2.45) is 0 Å². The van der Waals surface area contributed by atoms with Gasteiger partial charge in [0.2, 0.25) is 0 Å². The molecule has 148 valence electrons. The van der Waals surface area contributed by atoms with E-state index >= 15 is 0 Å². The molecular weight excluding hydrogens is 390 g/mol. The van der Waals surface area contributed by atoms with Crippen LogP contribution in [0.15, 0.2) is 58.2 Å². The molecule has 0 N–H and O–H groups in total. The Bertz CT molecular complexity index is 1090. The fraction of sp³-hybridized carbons (Fsp3) is 0.250. The summed E-state index contributed by atoms with van der Waals surface area (Å²) in [6.07, 6.45) is 0.891. The lowest BCUT2D eigenvalue weighted by Crippen LogP contribution is -2.12. The summed E-state index contributed by atoms with van der Waals surface area (Å²) in [6.45, 7) is 2.73. The number of carbonyl (C=O) groups is 1. The number of benzene rings is 2. The molecule has 0 atom stereocenters. The van der Waals surface area contributed by atoms with E-state index in [9.17, 15) is 4.79 Å². The van der Waals surface area contributed by atoms with Crippen LogP contribution in [-0.2, 0) is 23.6 Å². The van der Waals surface area contributed by atoms with Gasteiger partial charge in [-0.1, -0.05) is 49.0 Å². The molecule has 0 bridgehead atoms. The number of nitrogens with zero attached hydrogens (tertiary/aromatic N) is 5. The lowest BCUT2D eigenvalue weighted by atomic mass is 10.1. The number of para-hydroxylation sites is 2. The number of thioether (sulfide) groups is 1. The maximum Gasteiger partial charge on any atom is 0.338 e. The summed E-state index contributed by atoms with van der Waals surface area (Å²) in [6, 6.07) is 15.0. The molecule has 29 heavy (non-hydrogen) atoms. The summed E-state index contributed by atoms with van der Waals surface area (Å²) in [4.78, 5) is 17.1. The third-order valence-electron chi connectivity index (χ3n) is 4.24. The van der Waals surface area contributed by atoms with Crippen LogP contribution in [0.25, 0.3) is 11.1 Å². The molecule has 2 aromatic heterocycles. The number of tetrazole rings is 1. The molecule has 0 saturated heterocycles. The topological polar surface area (TPSA) is 95.9 Å². The van der Waals surface area contributed by atoms with Crippen molar-refractivity contribution in [2.75, 3.05) is 0 Å². The summed E-state index contributed by atoms with van der Waals surface area (Å²) < 4.78 is 12.8. The predicted octanol–water partition coefficient (Wildman–Crippen LogP) is 3.87. The van der Waals surface area contributed by atoms with Gasteiger partial charge in [-0.3, -0.25) is 0 Å². The summed E-state index contributed by atoms with van der Waals surface area (Å²) in [5.74, 6) is 0.648. The third-order valence-corrected chi connectivity index (χ3v) is 5.11. The van der Waals surface area contributed by atoms with E-state index in [0.717, 1.165) is 23.1 Å². The van der Waals surface area contributed by atoms with Crippen molar-refractivity contribution in [3.05, 3.63) is 65.5 Å². The predicted molar refractivity (Wildman–Crippen MR) is 107 cm³/mol. The van der Waals surface area contributed by atoms with Crippen molar-refractivity contribution in [2.45, 2.75) is 37.5 Å². The second kappa shape index (κ2) is 8.87. The Morgan fingerprint density at radius 2 is 2.00 bits per heavy atom. The highest BCUT2D eigenvalue weighted by Gasteiger charge is 2.16. The molecule has 4 aromatic rings. The smallest absolute Gasteiger partial charge is 0.338 e. The maximum atomic E-state index is 12.6. The van der Waals surface area contributed by atoms with Crippen molar-refractivity contribution in [1.29, 1.82) is 0 Å². The monoisotopic (exact) mass is 409 g/mol. The maximum absolute atomic E-state index is 12.6. The van der Waals surface area contributed by atoms with Gasteiger partial charge in [-0.25, -0.2) is 14.5 Å². The molecule has 0 aliphatic carbocycles. The van der Waals surface area contributed by atoms with Gasteiger partial charge in [-0.2, -0.15) is 0 Å². The first kappa shape index (κ1) is 19.1. The lowest BCUT2D eigenvalue weighted by molar-refractivity contribution is 0.0455. The number of fused-ring (bicyclic) bond motifs is 1. The number of carbonyl (C=O) groups excluding carboxylic acids is 1. The Kier molecular flexibility index (Phi) is 5.85. The van der Waals surface area contributed by atoms with Crippen molar-refractivity contribution < 1.29 is 13.9 Å². The van der Waals surface area contributed by atoms with Crippen LogP contribution in [-0.4, -0.2) is 31.2 Å². The fourth-order valence-electron chi connectivity index (χ4n) is 2.82. The Morgan fingerprint density at radius 1 is 1.17 bits per heavy atom. The van der Waals surface area contributed by atoms with Crippen LogP contribution < -0.4 is 0 Å². The number of hydrogen-bond donors (Lipinski definition) is 0. The van der Waals surface area contributed by atoms with E-state index in [1.807, 2.05) is 49.4 Å². The van der Waals surface area contributed by atoms with Gasteiger partial charge < -0.3 is 9.15 Å². The van der Waals surface area contributed by atoms with E-state index in [4.69, 9.17) is 9.15 Å². The largest absolute Gasteiger partial charge is 0.454 e. The molecule has 0 unspecified atom stereocenters. The van der Waals surface area contributed by atoms with Crippen molar-refractivity contribution >= 4 is 28.8 Å². The molecule has 0 spiro atoms. The van der Waals surface area contributed by atoms with Gasteiger partial charge in [-0.05, 0) is 40.6 Å². The fourth-order valence-corrected chi connectivity index (χ4v) is 3.66. The highest BCUT2D eigenvalue weighted by atomic mass is 32.2. The van der Waals surface area contributed by atoms with E-state index in [0.29, 0.717) is 28.9 Å². The highest BCUT2D eigenvalue weighted by Crippen LogP contribution is 2.27. The Labute approximate surface area is 171 Å². The zero-order chi connectivity index (χ0) is 20.1. The second-order valence-electron chi connectivity index (χ2n) is 6.29. The number of aryl methyl sites for hydroxylation is 1. The van der Waals surface area contributed by atoms with Crippen LogP contribution >= 0.6 is 11.8 Å². The van der Waals surface area contributed by atoms with Crippen LogP contribution in [0, 0.1) is 0 Å². The van der Waals surface area contributed by atoms with Crippen LogP contribution in [0.3, 0.4) is 0 Å². The summed E-state index contributed by atoms with van der Waals surface area (Å²) in [7, 11) is 0. The first-order valence-corrected chi connectivity index (χ1v) is 10.2. The van der Waals surface area contributed by atoms with Gasteiger partial charge >= 0.3 is 5.97 Å². The van der Waals surface area contributed by atoms with E-state index in [2.05, 4.69) is 20.5 Å². The van der Waals surface area contributed by atoms with E-state index in [-0.39, 0.29) is 6.61 Å². The molecule has 0 radical (unpaired) electrons. The standard InChI is InChI=1S/C20H19N5O3S/c1-2-11-25-18(22-23-24-25)12-27-19(26)15-8-4-3-7-14(15)13-29-20-21-16-9-5-6-10-17(16)28-20/h3-10H,2,11-13H2,1H3. The zero-order valence-corrected chi connectivity index (χ0v) is 16.6. The molecular formula is C20H19N5O3S. The van der Waals surface area contributed by atoms with Crippen molar-refractivity contribution in [3.63, 3.8) is 0 Å². The van der Waals surface area contributed by atoms with Crippen molar-refractivity contribution in [3.8, 4) is 0 Å². The first-order chi connectivity index (χ1) is 14.2. The quantitative estimate of drug-likeness (QED) is 0.320. The minimum atomic E-state index is -0.412. The molecule has 0 saturated carbocycles. The van der Waals surface area contributed by atoms with Crippen LogP contribution in [0.5, 0.6) is 0 Å². The van der Waals surface area contributed by atoms with E-state index in [1.165, 1.54) is 11.8 Å². The zero-order valence-electron chi connectivity index (χ0n) is 15.8. The van der Waals surface area contributed by atoms with Gasteiger partial charge in [0.05, 0.1) is 5.56 Å². The van der Waals surface area contributed by atoms with Gasteiger partial charge in [0.1, 0.15) is 5.52 Å². The van der Waals surface area contributed by atoms with Crippen LogP contribution in [0.4, 0.5) is 0 Å². The molecule has 0 aliphatic rings. The molecule has 8 nitrogen and oxygen atoms in total. The van der Waals surface area contributed by atoms with E-state index < -0.39 is 5.97 Å². The molecule has 0 fully saturated rings. The number of hydrogen-bond acceptors (Lipinski definition) is 8. The minimum absolute atomic E-state index is 0.0262. The minimum Gasteiger partial charge on any atom is -0.454 e. The first-order valence-electron chi connectivity index (χ1n) is 9.23. The Balaban J connectivity index is 1.43. The Hall–Kier alpha value is -3.20. The van der Waals surface area contributed by atoms with Gasteiger partial charge in [-0.15, -0.1) is 5.10 Å². The summed E-state index contributed by atoms with van der Waals surface area (Å²) in [5, 5.41) is 12.0. The van der Waals surface area contributed by atoms with Crippen LogP contribution in [0.2, 0.25) is 0 Å². The number of ether oxygens (including phenoxy) is 1. The van der Waals surface area contributed by atoms with Gasteiger partial charge in [0.15, 0.2) is 18.0 Å². The highest BCUT2D eigenvalue weighted by molar-refractivity contribution is 7.98. The van der Waals surface area contributed by atoms with Gasteiger partial charge in [0, 0.05) is 12.3 Å². The SMILES string of the molecule is CCCn1nnnc1COC(=O)c1ccccc1CSc1nc2ccccc2o1. The third kappa shape index (κ3) is 4.45. The van der Waals surface area contributed by atoms with Gasteiger partial charge in [0.25, 0.3) is 5.22 Å². The second-order valence-corrected chi connectivity index (χ2v) is 7.21. The molecule has 0 amide bonds. The lowest BCUT2D eigenvalue weighted by Gasteiger charge is -2.09. The molecule has 2 aromatic carbocycles. The average Bonchev–Trinajstić information content (AvgIpc) is 3.37. The number of oxazole rings is 1. The molecule has 0 aliphatic heterocycles. The summed E-state index contributed by atoms with van der Waals surface area (Å²) >= 11 is 1.43. The van der Waals surface area contributed by atoms with E-state index in [1.54, 1.807) is 10.7 Å². The van der Waals surface area contributed by atoms with Crippen LogP contribution in [0.1, 0.15) is 35.1 Å². The normalized spacial score (nSPS) is 11.1.